The molecule has 0 saturated carbocycles. The van der Waals surface area contributed by atoms with E-state index in [0.717, 1.165) is 19.3 Å². The van der Waals surface area contributed by atoms with Gasteiger partial charge in [-0.15, -0.1) is 0 Å². The summed E-state index contributed by atoms with van der Waals surface area (Å²) in [6, 6.07) is 0. The molecule has 3 aliphatic heterocycles. The number of aliphatic hydroxyl groups excluding tert-OH is 2. The Morgan fingerprint density at radius 2 is 1.86 bits per heavy atom. The highest BCUT2D eigenvalue weighted by molar-refractivity contribution is 5.86. The van der Waals surface area contributed by atoms with Gasteiger partial charge in [-0.3, -0.25) is 4.79 Å². The molecule has 6 heteroatoms. The van der Waals surface area contributed by atoms with E-state index in [0.29, 0.717) is 26.1 Å². The van der Waals surface area contributed by atoms with E-state index in [1.54, 1.807) is 6.92 Å². The van der Waals surface area contributed by atoms with Crippen LogP contribution >= 0.6 is 0 Å². The van der Waals surface area contributed by atoms with Crippen molar-refractivity contribution in [2.45, 2.75) is 75.7 Å². The summed E-state index contributed by atoms with van der Waals surface area (Å²) in [7, 11) is 0. The predicted molar refractivity (Wildman–Crippen MR) is 77.4 cm³/mol. The molecule has 0 unspecified atom stereocenters. The normalized spacial score (nSPS) is 46.9. The highest BCUT2D eigenvalue weighted by atomic mass is 16.6. The maximum Gasteiger partial charge on any atom is 0.167 e. The Hall–Kier alpha value is -0.530. The highest BCUT2D eigenvalue weighted by Crippen LogP contribution is 2.32. The molecule has 3 fully saturated rings. The monoisotopic (exact) mass is 314 g/mol. The number of Topliss-reactive ketones (excluding diaryl/α,β-unsaturated/α-hetero) is 1. The number of carbonyl (C=O) groups excluding carboxylic acids is 1. The van der Waals surface area contributed by atoms with E-state index in [4.69, 9.17) is 14.2 Å². The van der Waals surface area contributed by atoms with Crippen molar-refractivity contribution in [1.82, 2.24) is 0 Å². The van der Waals surface area contributed by atoms with Gasteiger partial charge in [-0.2, -0.15) is 0 Å². The minimum atomic E-state index is -0.833. The average molecular weight is 314 g/mol. The number of ketones is 1. The Bertz CT molecular complexity index is 398. The average Bonchev–Trinajstić information content (AvgIpc) is 2.62. The summed E-state index contributed by atoms with van der Waals surface area (Å²) in [6.45, 7) is 2.93. The standard InChI is InChI=1S/C16H26O6/c1-9-14(18)13(8-12-10(17)4-2-6-20-12)22-11-5-3-7-21-16(11)15(9)19/h9-13,15-17,19H,2-8H2,1H3/t9-,10+,11-,12-,13+,15+,16-/m0/s1. The first-order valence-electron chi connectivity index (χ1n) is 8.36. The van der Waals surface area contributed by atoms with Crippen LogP contribution in [0.3, 0.4) is 0 Å². The second-order valence-corrected chi connectivity index (χ2v) is 6.68. The Labute approximate surface area is 130 Å². The van der Waals surface area contributed by atoms with E-state index < -0.39 is 30.3 Å². The lowest BCUT2D eigenvalue weighted by atomic mass is 9.89. The lowest BCUT2D eigenvalue weighted by Gasteiger charge is -2.34. The summed E-state index contributed by atoms with van der Waals surface area (Å²) in [5.74, 6) is -0.647. The van der Waals surface area contributed by atoms with Gasteiger partial charge < -0.3 is 24.4 Å². The van der Waals surface area contributed by atoms with Gasteiger partial charge in [-0.25, -0.2) is 0 Å². The van der Waals surface area contributed by atoms with E-state index in [-0.39, 0.29) is 18.0 Å². The summed E-state index contributed by atoms with van der Waals surface area (Å²) in [5, 5.41) is 20.4. The number of hydrogen-bond donors (Lipinski definition) is 2. The lowest BCUT2D eigenvalue weighted by Crippen LogP contribution is -2.45. The Kier molecular flexibility index (Phi) is 5.14. The third kappa shape index (κ3) is 3.21. The molecule has 0 aromatic heterocycles. The molecule has 126 valence electrons. The fourth-order valence-corrected chi connectivity index (χ4v) is 3.70. The first-order valence-corrected chi connectivity index (χ1v) is 8.36. The Morgan fingerprint density at radius 1 is 1.14 bits per heavy atom. The minimum absolute atomic E-state index is 0.119. The number of fused-ring (bicyclic) bond motifs is 1. The summed E-state index contributed by atoms with van der Waals surface area (Å²) >= 11 is 0. The first-order chi connectivity index (χ1) is 10.6. The number of carbonyl (C=O) groups is 1. The van der Waals surface area contributed by atoms with Crippen LogP contribution in [0, 0.1) is 5.92 Å². The van der Waals surface area contributed by atoms with Crippen molar-refractivity contribution < 1.29 is 29.2 Å². The zero-order valence-corrected chi connectivity index (χ0v) is 13.0. The molecule has 0 radical (unpaired) electrons. The maximum atomic E-state index is 12.6. The summed E-state index contributed by atoms with van der Waals surface area (Å²) < 4.78 is 17.2. The number of aliphatic hydroxyl groups is 2. The Morgan fingerprint density at radius 3 is 2.64 bits per heavy atom. The molecule has 0 amide bonds. The molecule has 3 rings (SSSR count). The van der Waals surface area contributed by atoms with Crippen LogP contribution in [0.1, 0.15) is 39.0 Å². The van der Waals surface area contributed by atoms with Gasteiger partial charge in [-0.1, -0.05) is 6.92 Å². The number of ether oxygens (including phenoxy) is 3. The molecule has 22 heavy (non-hydrogen) atoms. The van der Waals surface area contributed by atoms with Crippen LogP contribution in [0.25, 0.3) is 0 Å². The van der Waals surface area contributed by atoms with Crippen LogP contribution < -0.4 is 0 Å². The second kappa shape index (κ2) is 6.93. The third-order valence-electron chi connectivity index (χ3n) is 5.12. The second-order valence-electron chi connectivity index (χ2n) is 6.68. The van der Waals surface area contributed by atoms with Gasteiger partial charge in [0, 0.05) is 25.6 Å². The van der Waals surface area contributed by atoms with Crippen molar-refractivity contribution in [3.63, 3.8) is 0 Å². The smallest absolute Gasteiger partial charge is 0.167 e. The van der Waals surface area contributed by atoms with E-state index in [9.17, 15) is 15.0 Å². The van der Waals surface area contributed by atoms with Gasteiger partial charge in [0.15, 0.2) is 5.78 Å². The van der Waals surface area contributed by atoms with Gasteiger partial charge in [0.2, 0.25) is 0 Å². The van der Waals surface area contributed by atoms with Crippen LogP contribution in [-0.4, -0.2) is 65.8 Å². The van der Waals surface area contributed by atoms with E-state index in [1.807, 2.05) is 0 Å². The van der Waals surface area contributed by atoms with Crippen molar-refractivity contribution >= 4 is 5.78 Å². The molecule has 7 atom stereocenters. The van der Waals surface area contributed by atoms with Crippen molar-refractivity contribution in [3.8, 4) is 0 Å². The molecule has 0 aliphatic carbocycles. The summed E-state index contributed by atoms with van der Waals surface area (Å²) in [4.78, 5) is 12.6. The van der Waals surface area contributed by atoms with Crippen molar-refractivity contribution in [1.29, 1.82) is 0 Å². The van der Waals surface area contributed by atoms with Gasteiger partial charge in [0.05, 0.1) is 24.4 Å². The molecule has 6 nitrogen and oxygen atoms in total. The first kappa shape index (κ1) is 16.3. The molecule has 2 N–H and O–H groups in total. The van der Waals surface area contributed by atoms with Crippen molar-refractivity contribution in [3.05, 3.63) is 0 Å². The highest BCUT2D eigenvalue weighted by Gasteiger charge is 2.46. The van der Waals surface area contributed by atoms with E-state index >= 15 is 0 Å². The van der Waals surface area contributed by atoms with Crippen LogP contribution in [0.15, 0.2) is 0 Å². The van der Waals surface area contributed by atoms with Crippen molar-refractivity contribution in [2.24, 2.45) is 5.92 Å². The molecule has 3 saturated heterocycles. The molecule has 0 bridgehead atoms. The van der Waals surface area contributed by atoms with Crippen molar-refractivity contribution in [2.75, 3.05) is 13.2 Å². The summed E-state index contributed by atoms with van der Waals surface area (Å²) in [6.07, 6.45) is 0.444. The zero-order chi connectivity index (χ0) is 15.7. The van der Waals surface area contributed by atoms with Gasteiger partial charge in [-0.05, 0) is 25.7 Å². The largest absolute Gasteiger partial charge is 0.390 e. The number of hydrogen-bond acceptors (Lipinski definition) is 6. The lowest BCUT2D eigenvalue weighted by molar-refractivity contribution is -0.164. The molecule has 3 aliphatic rings. The zero-order valence-electron chi connectivity index (χ0n) is 13.0. The third-order valence-corrected chi connectivity index (χ3v) is 5.12. The fourth-order valence-electron chi connectivity index (χ4n) is 3.70. The SMILES string of the molecule is C[C@H]1C(=O)[C@@H](C[C@@H]2OCCC[C@H]2O)O[C@H]2CCCO[C@@H]2[C@@H]1O. The summed E-state index contributed by atoms with van der Waals surface area (Å²) in [5.41, 5.74) is 0. The van der Waals surface area contributed by atoms with Gasteiger partial charge in [0.1, 0.15) is 12.2 Å². The van der Waals surface area contributed by atoms with Crippen LogP contribution in [0.2, 0.25) is 0 Å². The molecular formula is C16H26O6. The van der Waals surface area contributed by atoms with Crippen LogP contribution in [-0.2, 0) is 19.0 Å². The maximum absolute atomic E-state index is 12.6. The molecule has 0 aromatic carbocycles. The molecular weight excluding hydrogens is 288 g/mol. The molecule has 0 spiro atoms. The topological polar surface area (TPSA) is 85.2 Å². The van der Waals surface area contributed by atoms with Gasteiger partial charge in [0.25, 0.3) is 0 Å². The van der Waals surface area contributed by atoms with Crippen LogP contribution in [0.4, 0.5) is 0 Å². The Balaban J connectivity index is 1.73. The fraction of sp³-hybridized carbons (Fsp3) is 0.938. The van der Waals surface area contributed by atoms with E-state index in [2.05, 4.69) is 0 Å². The quantitative estimate of drug-likeness (QED) is 0.769. The van der Waals surface area contributed by atoms with Crippen LogP contribution in [0.5, 0.6) is 0 Å². The molecule has 0 aromatic rings. The predicted octanol–water partition coefficient (Wildman–Crippen LogP) is 0.429. The molecule has 3 heterocycles. The minimum Gasteiger partial charge on any atom is -0.390 e. The van der Waals surface area contributed by atoms with Gasteiger partial charge >= 0.3 is 0 Å². The number of rotatable bonds is 2. The van der Waals surface area contributed by atoms with E-state index in [1.165, 1.54) is 0 Å².